The highest BCUT2D eigenvalue weighted by Gasteiger charge is 2.57. The predicted octanol–water partition coefficient (Wildman–Crippen LogP) is 3.26. The van der Waals surface area contributed by atoms with Gasteiger partial charge in [0.2, 0.25) is 0 Å². The summed E-state index contributed by atoms with van der Waals surface area (Å²) >= 11 is 0. The molecule has 1 aromatic carbocycles. The molecule has 1 aromatic rings. The molecule has 0 radical (unpaired) electrons. The van der Waals surface area contributed by atoms with Crippen LogP contribution in [0.4, 0.5) is 13.2 Å². The topological polar surface area (TPSA) is 12.0 Å². The second-order valence-corrected chi connectivity index (χ2v) is 4.27. The van der Waals surface area contributed by atoms with Gasteiger partial charge in [0.15, 0.2) is 0 Å². The first-order valence-corrected chi connectivity index (χ1v) is 5.39. The summed E-state index contributed by atoms with van der Waals surface area (Å²) < 4.78 is 38.4. The van der Waals surface area contributed by atoms with Crippen LogP contribution in [0.5, 0.6) is 0 Å². The monoisotopic (exact) mass is 229 g/mol. The normalized spacial score (nSPS) is 19.2. The Morgan fingerprint density at radius 3 is 2.19 bits per heavy atom. The number of hydrogen-bond acceptors (Lipinski definition) is 1. The maximum atomic E-state index is 12.8. The van der Waals surface area contributed by atoms with Crippen LogP contribution >= 0.6 is 0 Å². The molecule has 1 saturated carbocycles. The molecule has 1 fully saturated rings. The van der Waals surface area contributed by atoms with Crippen LogP contribution in [-0.4, -0.2) is 11.7 Å². The first-order chi connectivity index (χ1) is 7.54. The van der Waals surface area contributed by atoms with Gasteiger partial charge in [0.05, 0.1) is 0 Å². The highest BCUT2D eigenvalue weighted by Crippen LogP contribution is 2.45. The zero-order chi connectivity index (χ0) is 11.6. The van der Waals surface area contributed by atoms with E-state index in [1.165, 1.54) is 0 Å². The molecule has 1 aliphatic carbocycles. The zero-order valence-electron chi connectivity index (χ0n) is 8.85. The Morgan fingerprint density at radius 1 is 1.12 bits per heavy atom. The summed E-state index contributed by atoms with van der Waals surface area (Å²) in [7, 11) is 0. The van der Waals surface area contributed by atoms with Gasteiger partial charge in [-0.25, -0.2) is 0 Å². The molecule has 16 heavy (non-hydrogen) atoms. The molecule has 88 valence electrons. The van der Waals surface area contributed by atoms with Crippen LogP contribution in [0.1, 0.15) is 24.8 Å². The minimum Gasteiger partial charge on any atom is -0.299 e. The van der Waals surface area contributed by atoms with Crippen LogP contribution in [0.2, 0.25) is 0 Å². The van der Waals surface area contributed by atoms with Crippen molar-refractivity contribution >= 4 is 0 Å². The van der Waals surface area contributed by atoms with Gasteiger partial charge >= 0.3 is 6.18 Å². The lowest BCUT2D eigenvalue weighted by Crippen LogP contribution is -2.61. The minimum atomic E-state index is -4.14. The molecule has 0 bridgehead atoms. The summed E-state index contributed by atoms with van der Waals surface area (Å²) in [6.07, 6.45) is -3.09. The fraction of sp³-hybridized carbons (Fsp3) is 0.500. The van der Waals surface area contributed by atoms with Crippen molar-refractivity contribution in [3.63, 3.8) is 0 Å². The van der Waals surface area contributed by atoms with Crippen LogP contribution < -0.4 is 5.32 Å². The molecule has 0 atom stereocenters. The number of hydrogen-bond donors (Lipinski definition) is 1. The third kappa shape index (κ3) is 2.07. The maximum absolute atomic E-state index is 12.8. The van der Waals surface area contributed by atoms with E-state index in [9.17, 15) is 13.2 Å². The van der Waals surface area contributed by atoms with Gasteiger partial charge in [-0.2, -0.15) is 13.2 Å². The molecular formula is C12H14F3N. The molecule has 4 heteroatoms. The molecule has 0 saturated heterocycles. The lowest BCUT2D eigenvalue weighted by atomic mass is 9.76. The second-order valence-electron chi connectivity index (χ2n) is 4.27. The Hall–Kier alpha value is -1.03. The molecule has 0 spiro atoms. The van der Waals surface area contributed by atoms with Crippen molar-refractivity contribution in [3.8, 4) is 0 Å². The third-order valence-corrected chi connectivity index (χ3v) is 3.22. The smallest absolute Gasteiger partial charge is 0.299 e. The number of halogens is 3. The average molecular weight is 229 g/mol. The van der Waals surface area contributed by atoms with Gasteiger partial charge in [0.25, 0.3) is 0 Å². The van der Waals surface area contributed by atoms with Gasteiger partial charge in [-0.15, -0.1) is 0 Å². The Balaban J connectivity index is 1.99. The summed E-state index contributed by atoms with van der Waals surface area (Å²) in [5.74, 6) is 0. The van der Waals surface area contributed by atoms with E-state index in [1.807, 2.05) is 30.3 Å². The zero-order valence-corrected chi connectivity index (χ0v) is 8.85. The largest absolute Gasteiger partial charge is 0.406 e. The molecule has 1 nitrogen and oxygen atoms in total. The van der Waals surface area contributed by atoms with E-state index in [-0.39, 0.29) is 19.4 Å². The SMILES string of the molecule is FC(F)(F)C1(NCc2ccccc2)CCC1. The molecular weight excluding hydrogens is 215 g/mol. The van der Waals surface area contributed by atoms with E-state index in [4.69, 9.17) is 0 Å². The molecule has 2 rings (SSSR count). The van der Waals surface area contributed by atoms with Gasteiger partial charge in [0.1, 0.15) is 5.54 Å². The molecule has 0 unspecified atom stereocenters. The van der Waals surface area contributed by atoms with Crippen LogP contribution in [0.15, 0.2) is 30.3 Å². The standard InChI is InChI=1S/C12H14F3N/c13-12(14,15)11(7-4-8-11)16-9-10-5-2-1-3-6-10/h1-3,5-6,16H,4,7-9H2. The predicted molar refractivity (Wildman–Crippen MR) is 55.9 cm³/mol. The molecule has 1 aliphatic rings. The number of nitrogens with one attached hydrogen (secondary N) is 1. The average Bonchev–Trinajstić information content (AvgIpc) is 2.15. The highest BCUT2D eigenvalue weighted by molar-refractivity contribution is 5.15. The molecule has 0 heterocycles. The fourth-order valence-corrected chi connectivity index (χ4v) is 1.96. The van der Waals surface area contributed by atoms with Crippen molar-refractivity contribution < 1.29 is 13.2 Å². The summed E-state index contributed by atoms with van der Waals surface area (Å²) in [5, 5.41) is 2.66. The lowest BCUT2D eigenvalue weighted by molar-refractivity contribution is -0.219. The molecule has 0 aliphatic heterocycles. The van der Waals surface area contributed by atoms with Crippen molar-refractivity contribution in [2.24, 2.45) is 0 Å². The van der Waals surface area contributed by atoms with E-state index in [2.05, 4.69) is 5.32 Å². The van der Waals surface area contributed by atoms with E-state index >= 15 is 0 Å². The van der Waals surface area contributed by atoms with Gasteiger partial charge in [-0.1, -0.05) is 30.3 Å². The third-order valence-electron chi connectivity index (χ3n) is 3.22. The van der Waals surface area contributed by atoms with E-state index in [0.717, 1.165) is 5.56 Å². The van der Waals surface area contributed by atoms with Crippen LogP contribution in [0.25, 0.3) is 0 Å². The minimum absolute atomic E-state index is 0.198. The van der Waals surface area contributed by atoms with E-state index < -0.39 is 11.7 Å². The summed E-state index contributed by atoms with van der Waals surface area (Å²) in [6.45, 7) is 0.278. The second kappa shape index (κ2) is 4.09. The molecule has 0 amide bonds. The Morgan fingerprint density at radius 2 is 1.75 bits per heavy atom. The van der Waals surface area contributed by atoms with Gasteiger partial charge < -0.3 is 0 Å². The molecule has 0 aromatic heterocycles. The van der Waals surface area contributed by atoms with Crippen molar-refractivity contribution in [1.29, 1.82) is 0 Å². The van der Waals surface area contributed by atoms with Crippen molar-refractivity contribution in [1.82, 2.24) is 5.32 Å². The number of alkyl halides is 3. The fourth-order valence-electron chi connectivity index (χ4n) is 1.96. The van der Waals surface area contributed by atoms with Crippen molar-refractivity contribution in [3.05, 3.63) is 35.9 Å². The van der Waals surface area contributed by atoms with Crippen LogP contribution in [-0.2, 0) is 6.54 Å². The summed E-state index contributed by atoms with van der Waals surface area (Å²) in [4.78, 5) is 0. The van der Waals surface area contributed by atoms with Gasteiger partial charge in [-0.3, -0.25) is 5.32 Å². The number of benzene rings is 1. The van der Waals surface area contributed by atoms with Crippen molar-refractivity contribution in [2.75, 3.05) is 0 Å². The first-order valence-electron chi connectivity index (χ1n) is 5.39. The Kier molecular flexibility index (Phi) is 2.93. The summed E-state index contributed by atoms with van der Waals surface area (Å²) in [5.41, 5.74) is -0.749. The van der Waals surface area contributed by atoms with Crippen molar-refractivity contribution in [2.45, 2.75) is 37.5 Å². The molecule has 1 N–H and O–H groups in total. The highest BCUT2D eigenvalue weighted by atomic mass is 19.4. The maximum Gasteiger partial charge on any atom is 0.406 e. The van der Waals surface area contributed by atoms with E-state index in [0.29, 0.717) is 6.42 Å². The van der Waals surface area contributed by atoms with E-state index in [1.54, 1.807) is 0 Å². The van der Waals surface area contributed by atoms with Crippen LogP contribution in [0.3, 0.4) is 0 Å². The lowest BCUT2D eigenvalue weighted by Gasteiger charge is -2.44. The Labute approximate surface area is 92.7 Å². The van der Waals surface area contributed by atoms with Gasteiger partial charge in [-0.05, 0) is 24.8 Å². The van der Waals surface area contributed by atoms with Gasteiger partial charge in [0, 0.05) is 6.54 Å². The first kappa shape index (κ1) is 11.5. The van der Waals surface area contributed by atoms with Crippen LogP contribution in [0, 0.1) is 0 Å². The Bertz CT molecular complexity index is 341. The summed E-state index contributed by atoms with van der Waals surface area (Å²) in [6, 6.07) is 9.17. The number of rotatable bonds is 3. The quantitative estimate of drug-likeness (QED) is 0.838.